The minimum Gasteiger partial charge on any atom is -0.397 e. The lowest BCUT2D eigenvalue weighted by molar-refractivity contribution is 1.44. The highest BCUT2D eigenvalue weighted by molar-refractivity contribution is 6.30. The molecule has 0 unspecified atom stereocenters. The highest BCUT2D eigenvalue weighted by Gasteiger charge is 2.18. The van der Waals surface area contributed by atoms with Crippen LogP contribution in [0, 0.1) is 22.7 Å². The number of hydrogen-bond acceptors (Lipinski definition) is 3. The van der Waals surface area contributed by atoms with E-state index in [-0.39, 0.29) is 11.3 Å². The van der Waals surface area contributed by atoms with Gasteiger partial charge in [0, 0.05) is 16.1 Å². The average molecular weight is 330 g/mol. The molecule has 0 spiro atoms. The summed E-state index contributed by atoms with van der Waals surface area (Å²) in [5, 5.41) is 19.6. The van der Waals surface area contributed by atoms with Crippen LogP contribution in [0.4, 0.5) is 5.69 Å². The number of nitriles is 2. The fraction of sp³-hybridized carbons (Fsp3) is 0. The first kappa shape index (κ1) is 15.6. The summed E-state index contributed by atoms with van der Waals surface area (Å²) in [6.45, 7) is 0. The van der Waals surface area contributed by atoms with Crippen molar-refractivity contribution in [2.75, 3.05) is 5.73 Å². The van der Waals surface area contributed by atoms with E-state index in [2.05, 4.69) is 12.1 Å². The van der Waals surface area contributed by atoms with Crippen molar-refractivity contribution in [3.63, 3.8) is 0 Å². The van der Waals surface area contributed by atoms with Crippen molar-refractivity contribution in [2.45, 2.75) is 0 Å². The SMILES string of the molecule is N#Cc1c(-c2ccccc2)cc(-c2cccc(Cl)c2)c(C#N)c1N. The van der Waals surface area contributed by atoms with E-state index in [1.54, 1.807) is 12.1 Å². The second-order valence-corrected chi connectivity index (χ2v) is 5.67. The van der Waals surface area contributed by atoms with Crippen molar-refractivity contribution in [1.29, 1.82) is 10.5 Å². The summed E-state index contributed by atoms with van der Waals surface area (Å²) in [6.07, 6.45) is 0. The van der Waals surface area contributed by atoms with Gasteiger partial charge in [-0.2, -0.15) is 10.5 Å². The van der Waals surface area contributed by atoms with Gasteiger partial charge in [-0.05, 0) is 29.3 Å². The van der Waals surface area contributed by atoms with Gasteiger partial charge in [0.1, 0.15) is 12.1 Å². The van der Waals surface area contributed by atoms with Gasteiger partial charge in [0.25, 0.3) is 0 Å². The molecule has 0 bridgehead atoms. The lowest BCUT2D eigenvalue weighted by atomic mass is 9.90. The molecule has 0 saturated heterocycles. The second-order valence-electron chi connectivity index (χ2n) is 5.24. The Morgan fingerprint density at radius 3 is 1.92 bits per heavy atom. The zero-order valence-electron chi connectivity index (χ0n) is 12.6. The quantitative estimate of drug-likeness (QED) is 0.672. The Morgan fingerprint density at radius 1 is 0.750 bits per heavy atom. The zero-order chi connectivity index (χ0) is 17.1. The third kappa shape index (κ3) is 2.70. The van der Waals surface area contributed by atoms with Crippen molar-refractivity contribution < 1.29 is 0 Å². The molecule has 3 rings (SSSR count). The van der Waals surface area contributed by atoms with Crippen LogP contribution in [0.1, 0.15) is 11.1 Å². The summed E-state index contributed by atoms with van der Waals surface area (Å²) in [7, 11) is 0. The number of halogens is 1. The number of nitrogens with zero attached hydrogens (tertiary/aromatic N) is 2. The molecule has 0 aliphatic heterocycles. The van der Waals surface area contributed by atoms with E-state index < -0.39 is 0 Å². The van der Waals surface area contributed by atoms with E-state index >= 15 is 0 Å². The molecule has 3 aromatic carbocycles. The largest absolute Gasteiger partial charge is 0.397 e. The summed E-state index contributed by atoms with van der Waals surface area (Å²) in [4.78, 5) is 0. The van der Waals surface area contributed by atoms with Crippen LogP contribution in [0.5, 0.6) is 0 Å². The van der Waals surface area contributed by atoms with Gasteiger partial charge in [-0.3, -0.25) is 0 Å². The molecule has 0 saturated carbocycles. The van der Waals surface area contributed by atoms with E-state index in [9.17, 15) is 10.5 Å². The summed E-state index contributed by atoms with van der Waals surface area (Å²) in [6, 6.07) is 22.8. The van der Waals surface area contributed by atoms with Crippen LogP contribution in [0.15, 0.2) is 60.7 Å². The molecule has 0 aromatic heterocycles. The Morgan fingerprint density at radius 2 is 1.33 bits per heavy atom. The molecule has 0 aliphatic rings. The van der Waals surface area contributed by atoms with Crippen LogP contribution >= 0.6 is 11.6 Å². The van der Waals surface area contributed by atoms with Gasteiger partial charge in [0.05, 0.1) is 16.8 Å². The Kier molecular flexibility index (Phi) is 4.20. The molecule has 3 aromatic rings. The van der Waals surface area contributed by atoms with Crippen LogP contribution in [-0.4, -0.2) is 0 Å². The molecule has 4 heteroatoms. The summed E-state index contributed by atoms with van der Waals surface area (Å²) in [5.74, 6) is 0. The molecule has 24 heavy (non-hydrogen) atoms. The van der Waals surface area contributed by atoms with Crippen molar-refractivity contribution >= 4 is 17.3 Å². The normalized spacial score (nSPS) is 9.96. The molecule has 2 N–H and O–H groups in total. The molecule has 0 aliphatic carbocycles. The first-order valence-corrected chi connectivity index (χ1v) is 7.61. The van der Waals surface area contributed by atoms with Gasteiger partial charge < -0.3 is 5.73 Å². The number of nitrogens with two attached hydrogens (primary N) is 1. The van der Waals surface area contributed by atoms with E-state index in [4.69, 9.17) is 17.3 Å². The smallest absolute Gasteiger partial charge is 0.102 e. The standard InChI is InChI=1S/C20H12ClN3/c21-15-8-4-7-14(9-15)17-10-16(13-5-2-1-3-6-13)18(11-22)20(24)19(17)12-23/h1-10H,24H2. The van der Waals surface area contributed by atoms with Crippen LogP contribution in [0.3, 0.4) is 0 Å². The fourth-order valence-electron chi connectivity index (χ4n) is 2.67. The molecule has 0 heterocycles. The Balaban J connectivity index is 2.37. The number of hydrogen-bond donors (Lipinski definition) is 1. The van der Waals surface area contributed by atoms with Crippen LogP contribution in [0.25, 0.3) is 22.3 Å². The predicted octanol–water partition coefficient (Wildman–Crippen LogP) is 5.00. The number of nitrogen functional groups attached to an aromatic ring is 1. The van der Waals surface area contributed by atoms with Gasteiger partial charge in [0.2, 0.25) is 0 Å². The molecular weight excluding hydrogens is 318 g/mol. The highest BCUT2D eigenvalue weighted by atomic mass is 35.5. The molecule has 0 atom stereocenters. The van der Waals surface area contributed by atoms with E-state index in [0.29, 0.717) is 21.7 Å². The third-order valence-corrected chi connectivity index (χ3v) is 4.05. The van der Waals surface area contributed by atoms with Crippen molar-refractivity contribution in [2.24, 2.45) is 0 Å². The summed E-state index contributed by atoms with van der Waals surface area (Å²) >= 11 is 6.08. The molecule has 3 nitrogen and oxygen atoms in total. The minimum atomic E-state index is 0.191. The van der Waals surface area contributed by atoms with Gasteiger partial charge in [-0.25, -0.2) is 0 Å². The van der Waals surface area contributed by atoms with Crippen LogP contribution in [0.2, 0.25) is 5.02 Å². The monoisotopic (exact) mass is 329 g/mol. The lowest BCUT2D eigenvalue weighted by Crippen LogP contribution is -2.00. The first-order chi connectivity index (χ1) is 11.7. The van der Waals surface area contributed by atoms with Gasteiger partial charge in [0.15, 0.2) is 0 Å². The Hall–Kier alpha value is -3.27. The molecule has 0 amide bonds. The third-order valence-electron chi connectivity index (χ3n) is 3.81. The van der Waals surface area contributed by atoms with Gasteiger partial charge >= 0.3 is 0 Å². The number of benzene rings is 3. The predicted molar refractivity (Wildman–Crippen MR) is 96.2 cm³/mol. The maximum absolute atomic E-state index is 9.54. The van der Waals surface area contributed by atoms with Gasteiger partial charge in [-0.15, -0.1) is 0 Å². The molecule has 0 radical (unpaired) electrons. The van der Waals surface area contributed by atoms with Crippen molar-refractivity contribution in [1.82, 2.24) is 0 Å². The average Bonchev–Trinajstić information content (AvgIpc) is 2.61. The van der Waals surface area contributed by atoms with Gasteiger partial charge in [-0.1, -0.05) is 54.1 Å². The number of rotatable bonds is 2. The topological polar surface area (TPSA) is 73.6 Å². The number of anilines is 1. The first-order valence-electron chi connectivity index (χ1n) is 7.23. The lowest BCUT2D eigenvalue weighted by Gasteiger charge is -2.14. The minimum absolute atomic E-state index is 0.191. The maximum Gasteiger partial charge on any atom is 0.102 e. The second kappa shape index (κ2) is 6.46. The summed E-state index contributed by atoms with van der Waals surface area (Å²) in [5.41, 5.74) is 9.94. The molecule has 114 valence electrons. The van der Waals surface area contributed by atoms with Crippen LogP contribution < -0.4 is 5.73 Å². The Labute approximate surface area is 145 Å². The van der Waals surface area contributed by atoms with E-state index in [1.807, 2.05) is 48.5 Å². The summed E-state index contributed by atoms with van der Waals surface area (Å²) < 4.78 is 0. The van der Waals surface area contributed by atoms with E-state index in [1.165, 1.54) is 0 Å². The highest BCUT2D eigenvalue weighted by Crippen LogP contribution is 2.37. The molecular formula is C20H12ClN3. The molecule has 0 fully saturated rings. The van der Waals surface area contributed by atoms with Crippen molar-refractivity contribution in [3.8, 4) is 34.4 Å². The van der Waals surface area contributed by atoms with Crippen LogP contribution in [-0.2, 0) is 0 Å². The maximum atomic E-state index is 9.54. The fourth-order valence-corrected chi connectivity index (χ4v) is 2.86. The zero-order valence-corrected chi connectivity index (χ0v) is 13.4. The Bertz CT molecular complexity index is 996. The van der Waals surface area contributed by atoms with Crippen molar-refractivity contribution in [3.05, 3.63) is 76.8 Å². The van der Waals surface area contributed by atoms with E-state index in [0.717, 1.165) is 11.1 Å².